The number of hydrogen-bond donors (Lipinski definition) is 3. The van der Waals surface area contributed by atoms with Crippen LogP contribution in [0.5, 0.6) is 0 Å². The van der Waals surface area contributed by atoms with Gasteiger partial charge in [-0.2, -0.15) is 4.37 Å². The molecule has 0 spiro atoms. The van der Waals surface area contributed by atoms with E-state index < -0.39 is 0 Å². The Balaban J connectivity index is 2.08. The summed E-state index contributed by atoms with van der Waals surface area (Å²) >= 11 is 1.30. The maximum atomic E-state index is 10.7. The number of nitrogens with two attached hydrogens (primary N) is 2. The minimum atomic E-state index is -0.293. The molecule has 2 aromatic rings. The first-order valence-electron chi connectivity index (χ1n) is 5.86. The van der Waals surface area contributed by atoms with Crippen LogP contribution in [-0.2, 0) is 4.79 Å². The van der Waals surface area contributed by atoms with E-state index in [-0.39, 0.29) is 5.91 Å². The number of nitrogens with one attached hydrogen (secondary N) is 1. The number of nitrogens with zero attached hydrogens (tertiary/aromatic N) is 2. The van der Waals surface area contributed by atoms with Crippen molar-refractivity contribution in [1.82, 2.24) is 9.36 Å². The number of pyridine rings is 1. The molecule has 2 rings (SSSR count). The summed E-state index contributed by atoms with van der Waals surface area (Å²) in [6.45, 7) is 0.651. The van der Waals surface area contributed by atoms with E-state index in [2.05, 4.69) is 14.7 Å². The van der Waals surface area contributed by atoms with E-state index in [0.29, 0.717) is 25.2 Å². The number of hydrogen-bond acceptors (Lipinski definition) is 6. The lowest BCUT2D eigenvalue weighted by molar-refractivity contribution is -0.118. The predicted octanol–water partition coefficient (Wildman–Crippen LogP) is 1.46. The summed E-state index contributed by atoms with van der Waals surface area (Å²) in [5.41, 5.74) is 12.8. The van der Waals surface area contributed by atoms with Gasteiger partial charge < -0.3 is 16.8 Å². The van der Waals surface area contributed by atoms with Crippen molar-refractivity contribution in [3.05, 3.63) is 24.5 Å². The lowest BCUT2D eigenvalue weighted by atomic mass is 10.1. The first-order chi connectivity index (χ1) is 9.18. The van der Waals surface area contributed by atoms with Gasteiger partial charge in [-0.25, -0.2) is 0 Å². The molecule has 7 heteroatoms. The van der Waals surface area contributed by atoms with Crippen LogP contribution in [0.2, 0.25) is 0 Å². The summed E-state index contributed by atoms with van der Waals surface area (Å²) in [5.74, 6) is 0.188. The van der Waals surface area contributed by atoms with Crippen molar-refractivity contribution in [3.8, 4) is 11.1 Å². The van der Waals surface area contributed by atoms with Gasteiger partial charge in [-0.05, 0) is 24.0 Å². The Morgan fingerprint density at radius 1 is 1.47 bits per heavy atom. The molecule has 0 fully saturated rings. The fraction of sp³-hybridized carbons (Fsp3) is 0.250. The molecule has 0 saturated carbocycles. The molecular weight excluding hydrogens is 262 g/mol. The van der Waals surface area contributed by atoms with Gasteiger partial charge in [0.15, 0.2) is 0 Å². The normalized spacial score (nSPS) is 10.3. The van der Waals surface area contributed by atoms with Gasteiger partial charge in [0.1, 0.15) is 10.8 Å². The second-order valence-corrected chi connectivity index (χ2v) is 4.78. The van der Waals surface area contributed by atoms with E-state index in [4.69, 9.17) is 11.5 Å². The summed E-state index contributed by atoms with van der Waals surface area (Å²) in [6.07, 6.45) is 4.50. The molecule has 0 aromatic carbocycles. The number of anilines is 2. The zero-order valence-electron chi connectivity index (χ0n) is 10.3. The molecule has 100 valence electrons. The third-order valence-electron chi connectivity index (χ3n) is 2.55. The number of amides is 1. The van der Waals surface area contributed by atoms with E-state index >= 15 is 0 Å². The Kier molecular flexibility index (Phi) is 4.30. The number of carbonyl (C=O) groups is 1. The van der Waals surface area contributed by atoms with Gasteiger partial charge in [-0.3, -0.25) is 9.78 Å². The van der Waals surface area contributed by atoms with Crippen molar-refractivity contribution in [2.45, 2.75) is 12.8 Å². The number of carbonyl (C=O) groups excluding carboxylic acids is 1. The highest BCUT2D eigenvalue weighted by atomic mass is 32.1. The quantitative estimate of drug-likeness (QED) is 0.693. The molecule has 0 atom stereocenters. The minimum Gasteiger partial charge on any atom is -0.382 e. The fourth-order valence-electron chi connectivity index (χ4n) is 1.68. The molecule has 6 nitrogen and oxygen atoms in total. The van der Waals surface area contributed by atoms with Crippen LogP contribution < -0.4 is 16.8 Å². The van der Waals surface area contributed by atoms with Crippen molar-refractivity contribution in [3.63, 3.8) is 0 Å². The smallest absolute Gasteiger partial charge is 0.217 e. The van der Waals surface area contributed by atoms with E-state index in [9.17, 15) is 4.79 Å². The molecule has 5 N–H and O–H groups in total. The summed E-state index contributed by atoms with van der Waals surface area (Å²) in [5, 5.41) is 4.11. The van der Waals surface area contributed by atoms with E-state index in [1.165, 1.54) is 11.5 Å². The largest absolute Gasteiger partial charge is 0.382 e. The second-order valence-electron chi connectivity index (χ2n) is 4.01. The minimum absolute atomic E-state index is 0.293. The maximum absolute atomic E-state index is 10.7. The Labute approximate surface area is 115 Å². The van der Waals surface area contributed by atoms with Crippen LogP contribution in [0, 0.1) is 0 Å². The van der Waals surface area contributed by atoms with Crippen LogP contribution in [0.25, 0.3) is 11.1 Å². The van der Waals surface area contributed by atoms with Crippen LogP contribution in [0.1, 0.15) is 12.8 Å². The van der Waals surface area contributed by atoms with E-state index in [0.717, 1.165) is 16.1 Å². The van der Waals surface area contributed by atoms with Crippen LogP contribution in [-0.4, -0.2) is 21.8 Å². The highest BCUT2D eigenvalue weighted by Gasteiger charge is 2.13. The summed E-state index contributed by atoms with van der Waals surface area (Å²) in [7, 11) is 0. The molecule has 19 heavy (non-hydrogen) atoms. The van der Waals surface area contributed by atoms with Crippen molar-refractivity contribution >= 4 is 28.3 Å². The molecule has 2 aromatic heterocycles. The second kappa shape index (κ2) is 6.14. The number of primary amides is 1. The molecule has 0 aliphatic heterocycles. The van der Waals surface area contributed by atoms with Gasteiger partial charge in [-0.15, -0.1) is 0 Å². The van der Waals surface area contributed by atoms with Gasteiger partial charge >= 0.3 is 0 Å². The van der Waals surface area contributed by atoms with Gasteiger partial charge in [0.05, 0.1) is 5.56 Å². The van der Waals surface area contributed by atoms with Crippen molar-refractivity contribution in [1.29, 1.82) is 0 Å². The molecule has 1 amide bonds. The Hall–Kier alpha value is -2.15. The van der Waals surface area contributed by atoms with Crippen molar-refractivity contribution in [2.24, 2.45) is 5.73 Å². The number of rotatable bonds is 6. The highest BCUT2D eigenvalue weighted by Crippen LogP contribution is 2.36. The summed E-state index contributed by atoms with van der Waals surface area (Å²) in [4.78, 5) is 14.7. The molecule has 0 aliphatic rings. The van der Waals surface area contributed by atoms with Crippen LogP contribution >= 0.6 is 11.5 Å². The molecule has 0 unspecified atom stereocenters. The molecule has 2 heterocycles. The lowest BCUT2D eigenvalue weighted by Gasteiger charge is -2.06. The average Bonchev–Trinajstić information content (AvgIpc) is 2.77. The van der Waals surface area contributed by atoms with Gasteiger partial charge in [0.2, 0.25) is 5.91 Å². The van der Waals surface area contributed by atoms with Crippen LogP contribution in [0.3, 0.4) is 0 Å². The molecule has 0 bridgehead atoms. The standard InChI is InChI=1S/C12H15N5OS/c13-9(18)4-2-6-16-12-10(11(14)17-19-12)8-3-1-5-15-7-8/h1,3,5,7,16H,2,4,6H2,(H2,13,18)(H2,14,17). The first-order valence-corrected chi connectivity index (χ1v) is 6.63. The van der Waals surface area contributed by atoms with Gasteiger partial charge in [0.25, 0.3) is 0 Å². The van der Waals surface area contributed by atoms with E-state index in [1.807, 2.05) is 12.1 Å². The molecular formula is C12H15N5OS. The molecule has 0 radical (unpaired) electrons. The Morgan fingerprint density at radius 3 is 3.00 bits per heavy atom. The molecule has 0 saturated heterocycles. The number of nitrogen functional groups attached to an aromatic ring is 1. The van der Waals surface area contributed by atoms with Crippen LogP contribution in [0.4, 0.5) is 10.8 Å². The maximum Gasteiger partial charge on any atom is 0.217 e. The summed E-state index contributed by atoms with van der Waals surface area (Å²) < 4.78 is 4.14. The topological polar surface area (TPSA) is 107 Å². The number of aromatic nitrogens is 2. The first kappa shape index (κ1) is 13.3. The zero-order valence-corrected chi connectivity index (χ0v) is 11.1. The fourth-order valence-corrected chi connectivity index (χ4v) is 2.44. The monoisotopic (exact) mass is 277 g/mol. The van der Waals surface area contributed by atoms with E-state index in [1.54, 1.807) is 12.4 Å². The van der Waals surface area contributed by atoms with Gasteiger partial charge in [-0.1, -0.05) is 6.07 Å². The average molecular weight is 277 g/mol. The molecule has 0 aliphatic carbocycles. The highest BCUT2D eigenvalue weighted by molar-refractivity contribution is 7.11. The van der Waals surface area contributed by atoms with Gasteiger partial charge in [0, 0.05) is 30.9 Å². The Bertz CT molecular complexity index is 555. The zero-order chi connectivity index (χ0) is 13.7. The van der Waals surface area contributed by atoms with Crippen molar-refractivity contribution in [2.75, 3.05) is 17.6 Å². The van der Waals surface area contributed by atoms with Crippen molar-refractivity contribution < 1.29 is 4.79 Å². The SMILES string of the molecule is NC(=O)CCCNc1snc(N)c1-c1cccnc1. The Morgan fingerprint density at radius 2 is 2.32 bits per heavy atom. The third kappa shape index (κ3) is 3.41. The van der Waals surface area contributed by atoms with Crippen LogP contribution in [0.15, 0.2) is 24.5 Å². The lowest BCUT2D eigenvalue weighted by Crippen LogP contribution is -2.12. The summed E-state index contributed by atoms with van der Waals surface area (Å²) in [6, 6.07) is 3.78. The predicted molar refractivity (Wildman–Crippen MR) is 76.7 cm³/mol. The third-order valence-corrected chi connectivity index (χ3v) is 3.37.